The second kappa shape index (κ2) is 8.80. The molecule has 7 nitrogen and oxygen atoms in total. The zero-order valence-electron chi connectivity index (χ0n) is 17.1. The van der Waals surface area contributed by atoms with Crippen molar-refractivity contribution in [3.8, 4) is 5.75 Å². The molecule has 2 saturated heterocycles. The van der Waals surface area contributed by atoms with Crippen LogP contribution in [0.15, 0.2) is 29.2 Å². The molecular weight excluding hydrogens is 378 g/mol. The number of carbonyl (C=O) groups excluding carboxylic acids is 1. The Balaban J connectivity index is 1.57. The summed E-state index contributed by atoms with van der Waals surface area (Å²) in [5.74, 6) is 0.828. The maximum atomic E-state index is 12.8. The summed E-state index contributed by atoms with van der Waals surface area (Å²) in [6.45, 7) is 6.87. The van der Waals surface area contributed by atoms with Gasteiger partial charge in [-0.05, 0) is 57.4 Å². The number of amides is 1. The first-order valence-electron chi connectivity index (χ1n) is 10.1. The summed E-state index contributed by atoms with van der Waals surface area (Å²) in [5, 5.41) is 0. The molecule has 0 saturated carbocycles. The summed E-state index contributed by atoms with van der Waals surface area (Å²) in [4.78, 5) is 16.3. The van der Waals surface area contributed by atoms with Crippen molar-refractivity contribution in [1.29, 1.82) is 0 Å². The molecular formula is C20H32N3O4S+. The van der Waals surface area contributed by atoms with Crippen LogP contribution in [0.3, 0.4) is 0 Å². The Labute approximate surface area is 168 Å². The molecule has 0 radical (unpaired) electrons. The largest absolute Gasteiger partial charge is 0.497 e. The Morgan fingerprint density at radius 2 is 1.68 bits per heavy atom. The molecule has 156 valence electrons. The van der Waals surface area contributed by atoms with Crippen molar-refractivity contribution < 1.29 is 22.8 Å². The van der Waals surface area contributed by atoms with E-state index in [9.17, 15) is 13.2 Å². The maximum absolute atomic E-state index is 12.8. The van der Waals surface area contributed by atoms with Crippen molar-refractivity contribution in [3.63, 3.8) is 0 Å². The highest BCUT2D eigenvalue weighted by Crippen LogP contribution is 2.22. The van der Waals surface area contributed by atoms with Crippen LogP contribution in [-0.2, 0) is 14.8 Å². The van der Waals surface area contributed by atoms with Crippen LogP contribution in [0.4, 0.5) is 0 Å². The molecule has 8 heteroatoms. The molecule has 0 spiro atoms. The molecule has 0 aliphatic carbocycles. The van der Waals surface area contributed by atoms with Crippen molar-refractivity contribution in [2.75, 3.05) is 39.8 Å². The summed E-state index contributed by atoms with van der Waals surface area (Å²) in [5.41, 5.74) is 0. The van der Waals surface area contributed by atoms with Crippen LogP contribution in [0.1, 0.15) is 33.1 Å². The third-order valence-electron chi connectivity index (χ3n) is 6.01. The molecule has 0 bridgehead atoms. The van der Waals surface area contributed by atoms with Gasteiger partial charge in [0.2, 0.25) is 10.0 Å². The fraction of sp³-hybridized carbons (Fsp3) is 0.650. The van der Waals surface area contributed by atoms with Gasteiger partial charge in [0, 0.05) is 12.1 Å². The van der Waals surface area contributed by atoms with Crippen LogP contribution in [-0.4, -0.2) is 75.4 Å². The Hall–Kier alpha value is -1.64. The van der Waals surface area contributed by atoms with Gasteiger partial charge in [0.1, 0.15) is 5.75 Å². The quantitative estimate of drug-likeness (QED) is 0.762. The van der Waals surface area contributed by atoms with E-state index in [1.165, 1.54) is 10.7 Å². The number of quaternary nitrogens is 1. The molecule has 28 heavy (non-hydrogen) atoms. The summed E-state index contributed by atoms with van der Waals surface area (Å²) >= 11 is 0. The normalized spacial score (nSPS) is 24.9. The number of piperidine rings is 1. The SMILES string of the molecule is COc1ccc(S(=O)(=O)N2CC[NH+](CC(=O)N3[C@H](C)CCC[C@@H]3C)CC2)cc1. The van der Waals surface area contributed by atoms with Crippen LogP contribution in [0.25, 0.3) is 0 Å². The Morgan fingerprint density at radius 3 is 2.21 bits per heavy atom. The molecule has 1 aromatic rings. The van der Waals surface area contributed by atoms with Gasteiger partial charge >= 0.3 is 0 Å². The number of rotatable bonds is 5. The van der Waals surface area contributed by atoms with E-state index in [-0.39, 0.29) is 10.8 Å². The number of nitrogens with one attached hydrogen (secondary N) is 1. The average Bonchev–Trinajstić information content (AvgIpc) is 2.68. The Kier molecular flexibility index (Phi) is 6.62. The number of ether oxygens (including phenoxy) is 1. The molecule has 1 N–H and O–H groups in total. The molecule has 2 heterocycles. The van der Waals surface area contributed by atoms with E-state index in [0.29, 0.717) is 50.6 Å². The lowest BCUT2D eigenvalue weighted by Gasteiger charge is -2.40. The fourth-order valence-corrected chi connectivity index (χ4v) is 5.78. The summed E-state index contributed by atoms with van der Waals surface area (Å²) in [6, 6.07) is 7.08. The van der Waals surface area contributed by atoms with Crippen LogP contribution < -0.4 is 9.64 Å². The van der Waals surface area contributed by atoms with Crippen LogP contribution in [0, 0.1) is 0 Å². The third kappa shape index (κ3) is 4.50. The number of methoxy groups -OCH3 is 1. The van der Waals surface area contributed by atoms with Crippen molar-refractivity contribution in [3.05, 3.63) is 24.3 Å². The van der Waals surface area contributed by atoms with Crippen molar-refractivity contribution in [2.45, 2.75) is 50.1 Å². The second-order valence-electron chi connectivity index (χ2n) is 7.94. The topological polar surface area (TPSA) is 71.4 Å². The third-order valence-corrected chi connectivity index (χ3v) is 7.92. The van der Waals surface area contributed by atoms with Gasteiger partial charge in [-0.3, -0.25) is 4.79 Å². The van der Waals surface area contributed by atoms with Gasteiger partial charge in [-0.2, -0.15) is 4.31 Å². The van der Waals surface area contributed by atoms with Crippen LogP contribution >= 0.6 is 0 Å². The minimum atomic E-state index is -3.51. The molecule has 2 aliphatic heterocycles. The van der Waals surface area contributed by atoms with Gasteiger partial charge in [-0.25, -0.2) is 8.42 Å². The van der Waals surface area contributed by atoms with Crippen LogP contribution in [0.2, 0.25) is 0 Å². The number of sulfonamides is 1. The predicted octanol–water partition coefficient (Wildman–Crippen LogP) is 0.374. The molecule has 3 rings (SSSR count). The number of benzene rings is 1. The number of nitrogens with zero attached hydrogens (tertiary/aromatic N) is 2. The number of likely N-dealkylation sites (tertiary alicyclic amines) is 1. The summed E-state index contributed by atoms with van der Waals surface area (Å²) in [6.07, 6.45) is 3.32. The standard InChI is InChI=1S/C20H31N3O4S/c1-16-5-4-6-17(2)23(16)20(24)15-21-11-13-22(14-12-21)28(25,26)19-9-7-18(27-3)8-10-19/h7-10,16-17H,4-6,11-15H2,1-3H3/p+1/t16-,17+. The highest BCUT2D eigenvalue weighted by Gasteiger charge is 2.34. The monoisotopic (exact) mass is 410 g/mol. The van der Waals surface area contributed by atoms with E-state index in [1.54, 1.807) is 31.4 Å². The highest BCUT2D eigenvalue weighted by atomic mass is 32.2. The zero-order chi connectivity index (χ0) is 20.3. The lowest BCUT2D eigenvalue weighted by Crippen LogP contribution is -3.15. The minimum absolute atomic E-state index is 0.196. The Bertz CT molecular complexity index is 763. The first-order valence-corrected chi connectivity index (χ1v) is 11.6. The van der Waals surface area contributed by atoms with Crippen molar-refractivity contribution in [1.82, 2.24) is 9.21 Å². The van der Waals surface area contributed by atoms with Gasteiger partial charge < -0.3 is 14.5 Å². The molecule has 2 atom stereocenters. The molecule has 2 fully saturated rings. The number of carbonyl (C=O) groups is 1. The predicted molar refractivity (Wildman–Crippen MR) is 107 cm³/mol. The van der Waals surface area contributed by atoms with E-state index in [4.69, 9.17) is 4.74 Å². The van der Waals surface area contributed by atoms with Gasteiger partial charge in [0.25, 0.3) is 5.91 Å². The van der Waals surface area contributed by atoms with E-state index >= 15 is 0 Å². The summed E-state index contributed by atoms with van der Waals surface area (Å²) < 4.78 is 32.3. The highest BCUT2D eigenvalue weighted by molar-refractivity contribution is 7.89. The van der Waals surface area contributed by atoms with Crippen LogP contribution in [0.5, 0.6) is 5.75 Å². The smallest absolute Gasteiger partial charge is 0.278 e. The maximum Gasteiger partial charge on any atom is 0.278 e. The molecule has 0 aromatic heterocycles. The van der Waals surface area contributed by atoms with E-state index in [0.717, 1.165) is 17.7 Å². The van der Waals surface area contributed by atoms with Crippen molar-refractivity contribution in [2.24, 2.45) is 0 Å². The first-order chi connectivity index (χ1) is 13.3. The first kappa shape index (κ1) is 21.1. The molecule has 1 aromatic carbocycles. The lowest BCUT2D eigenvalue weighted by molar-refractivity contribution is -0.896. The second-order valence-corrected chi connectivity index (χ2v) is 9.87. The Morgan fingerprint density at radius 1 is 1.11 bits per heavy atom. The van der Waals surface area contributed by atoms with Gasteiger partial charge in [0.05, 0.1) is 38.2 Å². The average molecular weight is 411 g/mol. The van der Waals surface area contributed by atoms with E-state index in [2.05, 4.69) is 13.8 Å². The number of piperazine rings is 1. The molecule has 2 aliphatic rings. The number of hydrogen-bond donors (Lipinski definition) is 1. The van der Waals surface area contributed by atoms with Gasteiger partial charge in [-0.1, -0.05) is 0 Å². The van der Waals surface area contributed by atoms with E-state index in [1.807, 2.05) is 4.90 Å². The fourth-order valence-electron chi connectivity index (χ4n) is 4.33. The van der Waals surface area contributed by atoms with E-state index < -0.39 is 10.0 Å². The van der Waals surface area contributed by atoms with Gasteiger partial charge in [-0.15, -0.1) is 0 Å². The van der Waals surface area contributed by atoms with Gasteiger partial charge in [0.15, 0.2) is 6.54 Å². The number of hydrogen-bond acceptors (Lipinski definition) is 4. The lowest BCUT2D eigenvalue weighted by atomic mass is 9.97. The van der Waals surface area contributed by atoms with Crippen molar-refractivity contribution >= 4 is 15.9 Å². The molecule has 1 amide bonds. The minimum Gasteiger partial charge on any atom is -0.497 e. The molecule has 0 unspecified atom stereocenters. The summed E-state index contributed by atoms with van der Waals surface area (Å²) in [7, 11) is -1.95. The zero-order valence-corrected chi connectivity index (χ0v) is 17.9.